The molecule has 0 spiro atoms. The average molecular weight is 260 g/mol. The summed E-state index contributed by atoms with van der Waals surface area (Å²) in [5.74, 6) is 0.0378. The van der Waals surface area contributed by atoms with Crippen LogP contribution in [-0.4, -0.2) is 28.4 Å². The van der Waals surface area contributed by atoms with E-state index in [0.717, 1.165) is 22.7 Å². The quantitative estimate of drug-likeness (QED) is 0.836. The van der Waals surface area contributed by atoms with Gasteiger partial charge in [-0.05, 0) is 43.2 Å². The minimum absolute atomic E-state index is 0.177. The fourth-order valence-corrected chi connectivity index (χ4v) is 1.83. The van der Waals surface area contributed by atoms with Crippen LogP contribution in [0.2, 0.25) is 0 Å². The summed E-state index contributed by atoms with van der Waals surface area (Å²) in [5, 5.41) is 15.7. The number of methoxy groups -OCH3 is 1. The van der Waals surface area contributed by atoms with Crippen molar-refractivity contribution in [2.75, 3.05) is 7.11 Å². The van der Waals surface area contributed by atoms with E-state index < -0.39 is 5.97 Å². The van der Waals surface area contributed by atoms with Gasteiger partial charge in [-0.2, -0.15) is 5.10 Å². The lowest BCUT2D eigenvalue weighted by Crippen LogP contribution is -1.95. The second-order valence-electron chi connectivity index (χ2n) is 4.25. The molecule has 1 heterocycles. The van der Waals surface area contributed by atoms with E-state index in [2.05, 4.69) is 10.2 Å². The van der Waals surface area contributed by atoms with Gasteiger partial charge in [-0.25, -0.2) is 0 Å². The molecule has 0 bridgehead atoms. The highest BCUT2D eigenvalue weighted by atomic mass is 16.5. The van der Waals surface area contributed by atoms with Gasteiger partial charge in [0.2, 0.25) is 0 Å². The maximum Gasteiger partial charge on any atom is 0.303 e. The molecular formula is C14H16N2O3. The number of aliphatic carboxylic acids is 1. The first-order valence-corrected chi connectivity index (χ1v) is 6.09. The molecule has 5 heteroatoms. The molecule has 1 aromatic carbocycles. The molecule has 1 aromatic heterocycles. The van der Waals surface area contributed by atoms with Gasteiger partial charge in [-0.3, -0.25) is 9.89 Å². The van der Waals surface area contributed by atoms with E-state index in [1.165, 1.54) is 0 Å². The Balaban J connectivity index is 2.01. The molecule has 0 unspecified atom stereocenters. The molecule has 0 aliphatic rings. The van der Waals surface area contributed by atoms with Crippen molar-refractivity contribution < 1.29 is 14.6 Å². The monoisotopic (exact) mass is 260 g/mol. The van der Waals surface area contributed by atoms with Crippen LogP contribution in [0.4, 0.5) is 0 Å². The zero-order valence-corrected chi connectivity index (χ0v) is 10.7. The first kappa shape index (κ1) is 13.1. The molecule has 0 aliphatic carbocycles. The average Bonchev–Trinajstić information content (AvgIpc) is 2.87. The fourth-order valence-electron chi connectivity index (χ4n) is 1.83. The molecule has 2 rings (SSSR count). The summed E-state index contributed by atoms with van der Waals surface area (Å²) in [6, 6.07) is 9.60. The Bertz CT molecular complexity index is 546. The van der Waals surface area contributed by atoms with Crippen LogP contribution in [0.15, 0.2) is 30.3 Å². The second kappa shape index (κ2) is 6.04. The van der Waals surface area contributed by atoms with Crippen molar-refractivity contribution >= 4 is 5.97 Å². The molecule has 2 N–H and O–H groups in total. The number of nitrogens with one attached hydrogen (secondary N) is 1. The van der Waals surface area contributed by atoms with E-state index in [4.69, 9.17) is 9.84 Å². The van der Waals surface area contributed by atoms with Gasteiger partial charge in [0.25, 0.3) is 0 Å². The van der Waals surface area contributed by atoms with Gasteiger partial charge in [0.1, 0.15) is 5.75 Å². The summed E-state index contributed by atoms with van der Waals surface area (Å²) >= 11 is 0. The number of benzene rings is 1. The number of aryl methyl sites for hydroxylation is 1. The topological polar surface area (TPSA) is 75.2 Å². The number of carboxylic acid groups (broad SMARTS) is 1. The predicted octanol–water partition coefficient (Wildman–Crippen LogP) is 2.49. The molecule has 0 atom stereocenters. The van der Waals surface area contributed by atoms with Crippen molar-refractivity contribution in [2.45, 2.75) is 19.3 Å². The van der Waals surface area contributed by atoms with Crippen molar-refractivity contribution in [2.24, 2.45) is 0 Å². The third-order valence-corrected chi connectivity index (χ3v) is 2.85. The molecule has 2 aromatic rings. The number of hydrogen-bond donors (Lipinski definition) is 2. The van der Waals surface area contributed by atoms with Crippen LogP contribution in [0, 0.1) is 0 Å². The number of nitrogens with zero attached hydrogens (tertiary/aromatic N) is 1. The van der Waals surface area contributed by atoms with Crippen LogP contribution in [0.1, 0.15) is 18.5 Å². The molecule has 0 aliphatic heterocycles. The molecule has 0 fully saturated rings. The Morgan fingerprint density at radius 3 is 2.74 bits per heavy atom. The third-order valence-electron chi connectivity index (χ3n) is 2.85. The van der Waals surface area contributed by atoms with E-state index in [1.807, 2.05) is 30.3 Å². The van der Waals surface area contributed by atoms with E-state index in [-0.39, 0.29) is 6.42 Å². The van der Waals surface area contributed by atoms with Crippen LogP contribution in [0.3, 0.4) is 0 Å². The Morgan fingerprint density at radius 1 is 1.37 bits per heavy atom. The van der Waals surface area contributed by atoms with Gasteiger partial charge in [0.15, 0.2) is 0 Å². The number of H-pyrrole nitrogens is 1. The lowest BCUT2D eigenvalue weighted by Gasteiger charge is -2.00. The summed E-state index contributed by atoms with van der Waals surface area (Å²) in [5.41, 5.74) is 2.81. The van der Waals surface area contributed by atoms with Gasteiger partial charge in [-0.15, -0.1) is 0 Å². The first-order valence-electron chi connectivity index (χ1n) is 6.09. The molecule has 0 saturated heterocycles. The molecule has 5 nitrogen and oxygen atoms in total. The van der Waals surface area contributed by atoms with Crippen molar-refractivity contribution in [1.29, 1.82) is 0 Å². The fraction of sp³-hybridized carbons (Fsp3) is 0.286. The second-order valence-corrected chi connectivity index (χ2v) is 4.25. The molecule has 100 valence electrons. The van der Waals surface area contributed by atoms with Gasteiger partial charge >= 0.3 is 5.97 Å². The SMILES string of the molecule is COc1ccc(-c2cc(CCCC(=O)O)[nH]n2)cc1. The maximum atomic E-state index is 10.4. The Labute approximate surface area is 111 Å². The van der Waals surface area contributed by atoms with Gasteiger partial charge in [-0.1, -0.05) is 0 Å². The molecular weight excluding hydrogens is 244 g/mol. The number of hydrogen-bond acceptors (Lipinski definition) is 3. The summed E-state index contributed by atoms with van der Waals surface area (Å²) in [6.07, 6.45) is 1.48. The standard InChI is InChI=1S/C14H16N2O3/c1-19-12-7-5-10(6-8-12)13-9-11(15-16-13)3-2-4-14(17)18/h5-9H,2-4H2,1H3,(H,15,16)(H,17,18). The number of ether oxygens (including phenoxy) is 1. The van der Waals surface area contributed by atoms with Crippen LogP contribution >= 0.6 is 0 Å². The number of carboxylic acids is 1. The van der Waals surface area contributed by atoms with E-state index in [9.17, 15) is 4.79 Å². The zero-order chi connectivity index (χ0) is 13.7. The van der Waals surface area contributed by atoms with Crippen molar-refractivity contribution in [3.63, 3.8) is 0 Å². The number of carbonyl (C=O) groups is 1. The summed E-state index contributed by atoms with van der Waals surface area (Å²) in [7, 11) is 1.63. The highest BCUT2D eigenvalue weighted by Gasteiger charge is 2.05. The predicted molar refractivity (Wildman–Crippen MR) is 71.1 cm³/mol. The van der Waals surface area contributed by atoms with Crippen molar-refractivity contribution in [1.82, 2.24) is 10.2 Å². The summed E-state index contributed by atoms with van der Waals surface area (Å²) < 4.78 is 5.10. The Kier molecular flexibility index (Phi) is 4.18. The highest BCUT2D eigenvalue weighted by Crippen LogP contribution is 2.21. The smallest absolute Gasteiger partial charge is 0.303 e. The number of rotatable bonds is 6. The van der Waals surface area contributed by atoms with Gasteiger partial charge in [0, 0.05) is 17.7 Å². The molecule has 0 saturated carbocycles. The summed E-state index contributed by atoms with van der Waals surface area (Å²) in [4.78, 5) is 10.4. The molecule has 19 heavy (non-hydrogen) atoms. The summed E-state index contributed by atoms with van der Waals surface area (Å²) in [6.45, 7) is 0. The van der Waals surface area contributed by atoms with Crippen molar-refractivity contribution in [3.05, 3.63) is 36.0 Å². The highest BCUT2D eigenvalue weighted by molar-refractivity contribution is 5.66. The molecule has 0 radical (unpaired) electrons. The third kappa shape index (κ3) is 3.58. The van der Waals surface area contributed by atoms with E-state index >= 15 is 0 Å². The lowest BCUT2D eigenvalue weighted by molar-refractivity contribution is -0.137. The molecule has 0 amide bonds. The number of aromatic amines is 1. The minimum atomic E-state index is -0.769. The van der Waals surface area contributed by atoms with Gasteiger partial charge < -0.3 is 9.84 Å². The van der Waals surface area contributed by atoms with Crippen LogP contribution in [0.25, 0.3) is 11.3 Å². The Hall–Kier alpha value is -2.30. The van der Waals surface area contributed by atoms with Crippen LogP contribution in [0.5, 0.6) is 5.75 Å². The first-order chi connectivity index (χ1) is 9.19. The van der Waals surface area contributed by atoms with Gasteiger partial charge in [0.05, 0.1) is 12.8 Å². The van der Waals surface area contributed by atoms with E-state index in [1.54, 1.807) is 7.11 Å². The largest absolute Gasteiger partial charge is 0.497 e. The normalized spacial score (nSPS) is 10.4. The zero-order valence-electron chi connectivity index (χ0n) is 10.7. The van der Waals surface area contributed by atoms with Crippen LogP contribution < -0.4 is 4.74 Å². The lowest BCUT2D eigenvalue weighted by atomic mass is 10.1. The maximum absolute atomic E-state index is 10.4. The van der Waals surface area contributed by atoms with Crippen LogP contribution in [-0.2, 0) is 11.2 Å². The van der Waals surface area contributed by atoms with Crippen molar-refractivity contribution in [3.8, 4) is 17.0 Å². The number of aromatic nitrogens is 2. The minimum Gasteiger partial charge on any atom is -0.497 e. The Morgan fingerprint density at radius 2 is 2.11 bits per heavy atom. The van der Waals surface area contributed by atoms with E-state index in [0.29, 0.717) is 12.8 Å².